The van der Waals surface area contributed by atoms with E-state index in [1.54, 1.807) is 45.3 Å². The van der Waals surface area contributed by atoms with Crippen LogP contribution >= 0.6 is 45.3 Å². The van der Waals surface area contributed by atoms with E-state index in [-0.39, 0.29) is 0 Å². The highest BCUT2D eigenvalue weighted by atomic mass is 32.1. The Kier molecular flexibility index (Phi) is 8.56. The number of H-pyrrole nitrogens is 2. The molecule has 0 aliphatic rings. The molecule has 4 nitrogen and oxygen atoms in total. The Balaban J connectivity index is 1.18. The van der Waals surface area contributed by atoms with Crippen molar-refractivity contribution >= 4 is 219 Å². The third kappa shape index (κ3) is 5.49. The van der Waals surface area contributed by atoms with Crippen molar-refractivity contribution in [1.82, 2.24) is 19.9 Å². The van der Waals surface area contributed by atoms with Gasteiger partial charge in [0, 0.05) is 84.9 Å². The molecule has 0 saturated carbocycles. The summed E-state index contributed by atoms with van der Waals surface area (Å²) >= 11 is 7.14. The van der Waals surface area contributed by atoms with Crippen LogP contribution < -0.4 is 0 Å². The topological polar surface area (TPSA) is 57.4 Å². The number of rotatable bonds is 4. The van der Waals surface area contributed by atoms with Gasteiger partial charge in [-0.2, -0.15) is 0 Å². The van der Waals surface area contributed by atoms with E-state index in [9.17, 15) is 0 Å². The second-order valence-electron chi connectivity index (χ2n) is 22.6. The molecule has 13 aromatic carbocycles. The number of aromatic amines is 2. The van der Waals surface area contributed by atoms with Crippen LogP contribution in [0.2, 0.25) is 0 Å². The van der Waals surface area contributed by atoms with E-state index in [4.69, 9.17) is 9.97 Å². The highest BCUT2D eigenvalue weighted by molar-refractivity contribution is 7.15. The monoisotopic (exact) mass is 1130 g/mol. The van der Waals surface area contributed by atoms with Crippen molar-refractivity contribution in [2.75, 3.05) is 0 Å². The average Bonchev–Trinajstić information content (AvgIpc) is 1.88. The maximum Gasteiger partial charge on any atom is 0.0830 e. The molecular weight excluding hydrogens is 1100 g/mol. The van der Waals surface area contributed by atoms with Crippen LogP contribution in [-0.4, -0.2) is 19.9 Å². The first-order valence-electron chi connectivity index (χ1n) is 28.4. The highest BCUT2D eigenvalue weighted by Gasteiger charge is 2.31. The van der Waals surface area contributed by atoms with Gasteiger partial charge in [0.25, 0.3) is 0 Å². The second kappa shape index (κ2) is 16.0. The molecule has 386 valence electrons. The van der Waals surface area contributed by atoms with Gasteiger partial charge >= 0.3 is 0 Å². The lowest BCUT2D eigenvalue weighted by Crippen LogP contribution is -1.84. The maximum absolute atomic E-state index is 6.36. The van der Waals surface area contributed by atoms with Crippen LogP contribution in [0.25, 0.3) is 215 Å². The lowest BCUT2D eigenvalue weighted by Gasteiger charge is -2.05. The van der Waals surface area contributed by atoms with E-state index in [1.807, 2.05) is 0 Å². The summed E-state index contributed by atoms with van der Waals surface area (Å²) in [7, 11) is 0. The first kappa shape index (κ1) is 44.8. The predicted molar refractivity (Wildman–Crippen MR) is 366 cm³/mol. The van der Waals surface area contributed by atoms with E-state index in [0.717, 1.165) is 85.9 Å². The van der Waals surface area contributed by atoms with Crippen LogP contribution in [0.5, 0.6) is 0 Å². The summed E-state index contributed by atoms with van der Waals surface area (Å²) in [6.45, 7) is 0. The second-order valence-corrected chi connectivity index (χ2v) is 26.4. The van der Waals surface area contributed by atoms with E-state index >= 15 is 0 Å². The van der Waals surface area contributed by atoms with Crippen molar-refractivity contribution in [1.29, 1.82) is 0 Å². The fourth-order valence-corrected chi connectivity index (χ4v) is 18.8. The predicted octanol–water partition coefficient (Wildman–Crippen LogP) is 23.4. The normalized spacial score (nSPS) is 12.8. The van der Waals surface area contributed by atoms with Crippen LogP contribution in [0.3, 0.4) is 0 Å². The van der Waals surface area contributed by atoms with Crippen molar-refractivity contribution in [2.45, 2.75) is 0 Å². The molecule has 8 heteroatoms. The third-order valence-electron chi connectivity index (χ3n) is 18.7. The van der Waals surface area contributed by atoms with Crippen molar-refractivity contribution < 1.29 is 0 Å². The largest absolute Gasteiger partial charge is 0.353 e. The zero-order valence-electron chi connectivity index (χ0n) is 44.3. The first-order chi connectivity index (χ1) is 41.7. The molecule has 0 radical (unpaired) electrons. The van der Waals surface area contributed by atoms with Crippen molar-refractivity contribution in [3.8, 4) is 41.8 Å². The lowest BCUT2D eigenvalue weighted by atomic mass is 10.0. The van der Waals surface area contributed by atoms with Gasteiger partial charge in [0.15, 0.2) is 0 Å². The molecule has 0 spiro atoms. The Morgan fingerprint density at radius 3 is 0.631 bits per heavy atom. The van der Waals surface area contributed by atoms with Gasteiger partial charge in [0.05, 0.1) is 44.1 Å². The van der Waals surface area contributed by atoms with Crippen molar-refractivity contribution in [3.63, 3.8) is 0 Å². The minimum absolute atomic E-state index is 0.972. The standard InChI is InChI=1S/C76H38N4S4/c1-13-37-14-2-22-42-53(37)41(21-1)57-58(42)70-66(50-30-10-34-82-50)72-61-45-25-5-17-39-18-6-26-46(55(39)45)62(61)74(79-72)68(52-32-12-36-84-52)76-64-48-28-8-20-40-19-7-27-47(56(40)48)63(64)75(80-76)67(51-31-11-35-83-51)73-60-44-24-4-16-38-15-3-23-43(54(38)44)59(60)71(78-73)65(69(57)77-70)49-29-9-33-81-49/h1-36,77,80H. The number of nitrogens with one attached hydrogen (secondary N) is 2. The maximum atomic E-state index is 6.36. The Labute approximate surface area is 492 Å². The summed E-state index contributed by atoms with van der Waals surface area (Å²) < 4.78 is 0. The Bertz CT molecular complexity index is 5370. The quantitative estimate of drug-likeness (QED) is 0.184. The number of hydrogen-bond donors (Lipinski definition) is 2. The molecule has 21 rings (SSSR count). The number of hydrogen-bond acceptors (Lipinski definition) is 6. The molecule has 0 saturated heterocycles. The highest BCUT2D eigenvalue weighted by Crippen LogP contribution is 2.56. The van der Waals surface area contributed by atoms with Gasteiger partial charge < -0.3 is 9.97 Å². The minimum atomic E-state index is 0.972. The van der Waals surface area contributed by atoms with Gasteiger partial charge in [0.1, 0.15) is 0 Å². The molecule has 8 heterocycles. The van der Waals surface area contributed by atoms with E-state index < -0.39 is 0 Å². The van der Waals surface area contributed by atoms with Crippen LogP contribution in [0.15, 0.2) is 216 Å². The number of benzene rings is 8. The molecule has 0 aliphatic carbocycles. The Hall–Kier alpha value is -9.80. The van der Waals surface area contributed by atoms with Gasteiger partial charge in [0.2, 0.25) is 0 Å². The molecule has 0 atom stereocenters. The summed E-state index contributed by atoms with van der Waals surface area (Å²) in [5.74, 6) is 0. The van der Waals surface area contributed by atoms with Gasteiger partial charge in [-0.15, -0.1) is 45.3 Å². The molecule has 0 amide bonds. The lowest BCUT2D eigenvalue weighted by molar-refractivity contribution is 1.51. The first-order valence-corrected chi connectivity index (χ1v) is 31.9. The molecule has 2 N–H and O–H groups in total. The molecule has 0 unspecified atom stereocenters. The van der Waals surface area contributed by atoms with Crippen LogP contribution in [0.4, 0.5) is 0 Å². The van der Waals surface area contributed by atoms with Crippen molar-refractivity contribution in [2.24, 2.45) is 0 Å². The molecule has 8 aromatic heterocycles. The van der Waals surface area contributed by atoms with E-state index in [2.05, 4.69) is 226 Å². The molecule has 0 aliphatic heterocycles. The summed E-state index contributed by atoms with van der Waals surface area (Å²) in [5.41, 5.74) is 12.5. The molecule has 84 heavy (non-hydrogen) atoms. The smallest absolute Gasteiger partial charge is 0.0830 e. The zero-order chi connectivity index (χ0) is 54.2. The van der Waals surface area contributed by atoms with Gasteiger partial charge in [-0.25, -0.2) is 9.97 Å². The Morgan fingerprint density at radius 1 is 0.214 bits per heavy atom. The molecular formula is C76H38N4S4. The van der Waals surface area contributed by atoms with Crippen LogP contribution in [-0.2, 0) is 0 Å². The SMILES string of the molecule is c1csc(-c2c3nc(c(-c4cccs4)c4[nH]c(c(-c5cccs5)c5nc(c(-c6cccs6)c6[nH]c2c2c7cccc8cccc(c87)c62)c2c6cccc7cccc(c76)c52)c2c5cccc6cccc(c65)c42)c2c4cccc5cccc(c54)c32)c1. The number of aromatic nitrogens is 4. The molecule has 0 fully saturated rings. The number of nitrogens with zero attached hydrogens (tertiary/aromatic N) is 2. The fourth-order valence-electron chi connectivity index (χ4n) is 15.7. The van der Waals surface area contributed by atoms with E-state index in [0.29, 0.717) is 0 Å². The minimum Gasteiger partial charge on any atom is -0.353 e. The van der Waals surface area contributed by atoms with Gasteiger partial charge in [-0.1, -0.05) is 170 Å². The summed E-state index contributed by atoms with van der Waals surface area (Å²) in [5, 5.41) is 38.1. The fraction of sp³-hybridized carbons (Fsp3) is 0. The Morgan fingerprint density at radius 2 is 0.429 bits per heavy atom. The third-order valence-corrected chi connectivity index (χ3v) is 22.2. The summed E-state index contributed by atoms with van der Waals surface area (Å²) in [6.07, 6.45) is 0. The molecule has 21 aromatic rings. The average molecular weight is 1140 g/mol. The van der Waals surface area contributed by atoms with E-state index in [1.165, 1.54) is 129 Å². The van der Waals surface area contributed by atoms with Crippen LogP contribution in [0.1, 0.15) is 0 Å². The summed E-state index contributed by atoms with van der Waals surface area (Å²) in [6, 6.07) is 73.0. The van der Waals surface area contributed by atoms with Gasteiger partial charge in [-0.3, -0.25) is 0 Å². The summed E-state index contributed by atoms with van der Waals surface area (Å²) in [4.78, 5) is 26.2. The van der Waals surface area contributed by atoms with Crippen molar-refractivity contribution in [3.05, 3.63) is 216 Å². The van der Waals surface area contributed by atoms with Gasteiger partial charge in [-0.05, 0) is 132 Å². The van der Waals surface area contributed by atoms with Crippen LogP contribution in [0, 0.1) is 0 Å². The zero-order valence-corrected chi connectivity index (χ0v) is 47.6. The number of thiophene rings is 4. The molecule has 8 bridgehead atoms.